The van der Waals surface area contributed by atoms with Crippen molar-refractivity contribution < 1.29 is 22.8 Å². The zero-order valence-corrected chi connectivity index (χ0v) is 21.8. The summed E-state index contributed by atoms with van der Waals surface area (Å²) in [5.74, 6) is 0.192. The minimum Gasteiger partial charge on any atom is -0.406 e. The monoisotopic (exact) mass is 556 g/mol. The molecule has 0 radical (unpaired) electrons. The van der Waals surface area contributed by atoms with Crippen LogP contribution in [-0.4, -0.2) is 52.5 Å². The van der Waals surface area contributed by atoms with Gasteiger partial charge < -0.3 is 20.3 Å². The van der Waals surface area contributed by atoms with Gasteiger partial charge in [-0.15, -0.1) is 13.2 Å². The van der Waals surface area contributed by atoms with Crippen LogP contribution in [0.3, 0.4) is 0 Å². The molecule has 5 rings (SSSR count). The summed E-state index contributed by atoms with van der Waals surface area (Å²) in [4.78, 5) is 21.9. The van der Waals surface area contributed by atoms with E-state index in [4.69, 9.17) is 0 Å². The fourth-order valence-corrected chi connectivity index (χ4v) is 5.52. The van der Waals surface area contributed by atoms with E-state index in [2.05, 4.69) is 30.2 Å². The number of hydrogen-bond donors (Lipinski definition) is 2. The Morgan fingerprint density at radius 1 is 0.950 bits per heavy atom. The van der Waals surface area contributed by atoms with E-state index in [0.717, 1.165) is 57.3 Å². The molecular formula is C28H31F3N6O3. The largest absolute Gasteiger partial charge is 0.573 e. The van der Waals surface area contributed by atoms with Crippen molar-refractivity contribution in [3.05, 3.63) is 70.9 Å². The molecule has 1 aromatic heterocycles. The molecule has 40 heavy (non-hydrogen) atoms. The summed E-state index contributed by atoms with van der Waals surface area (Å²) >= 11 is 0. The molecule has 12 heteroatoms. The summed E-state index contributed by atoms with van der Waals surface area (Å²) in [6, 6.07) is 14.7. The molecule has 0 bridgehead atoms. The van der Waals surface area contributed by atoms with Gasteiger partial charge in [0, 0.05) is 60.8 Å². The van der Waals surface area contributed by atoms with Crippen LogP contribution in [0.1, 0.15) is 38.5 Å². The fourth-order valence-electron chi connectivity index (χ4n) is 5.52. The van der Waals surface area contributed by atoms with Crippen LogP contribution < -0.4 is 20.3 Å². The van der Waals surface area contributed by atoms with Crippen LogP contribution in [0.5, 0.6) is 5.75 Å². The van der Waals surface area contributed by atoms with Crippen LogP contribution in [0.25, 0.3) is 11.3 Å². The smallest absolute Gasteiger partial charge is 0.406 e. The second-order valence-electron chi connectivity index (χ2n) is 10.2. The number of nitro groups is 1. The number of nitrogens with one attached hydrogen (secondary N) is 2. The second kappa shape index (κ2) is 12.1. The lowest BCUT2D eigenvalue weighted by atomic mass is 9.89. The topological polar surface area (TPSA) is 105 Å². The lowest BCUT2D eigenvalue weighted by molar-refractivity contribution is -0.384. The minimum absolute atomic E-state index is 0.0883. The number of aromatic nitrogens is 2. The van der Waals surface area contributed by atoms with Crippen LogP contribution in [0, 0.1) is 10.1 Å². The molecule has 0 amide bonds. The van der Waals surface area contributed by atoms with Crippen molar-refractivity contribution in [3.63, 3.8) is 0 Å². The zero-order valence-electron chi connectivity index (χ0n) is 21.8. The van der Waals surface area contributed by atoms with E-state index in [1.165, 1.54) is 24.3 Å². The van der Waals surface area contributed by atoms with Crippen LogP contribution in [0.4, 0.5) is 30.5 Å². The quantitative estimate of drug-likeness (QED) is 0.260. The third kappa shape index (κ3) is 7.17. The Labute approximate surface area is 229 Å². The highest BCUT2D eigenvalue weighted by molar-refractivity contribution is 5.61. The summed E-state index contributed by atoms with van der Waals surface area (Å²) in [5, 5.41) is 18.3. The number of piperidine rings is 1. The van der Waals surface area contributed by atoms with Crippen molar-refractivity contribution in [1.29, 1.82) is 0 Å². The Kier molecular flexibility index (Phi) is 8.34. The highest BCUT2D eigenvalue weighted by atomic mass is 19.4. The number of alkyl halides is 3. The number of non-ortho nitro benzene ring substituents is 1. The molecular weight excluding hydrogens is 525 g/mol. The number of ether oxygens (including phenoxy) is 1. The maximum atomic E-state index is 12.5. The molecule has 0 spiro atoms. The molecule has 2 N–H and O–H groups in total. The van der Waals surface area contributed by atoms with Crippen LogP contribution in [0.15, 0.2) is 60.8 Å². The fraction of sp³-hybridized carbons (Fsp3) is 0.429. The van der Waals surface area contributed by atoms with E-state index < -0.39 is 6.36 Å². The number of anilines is 2. The number of benzene rings is 2. The van der Waals surface area contributed by atoms with E-state index >= 15 is 0 Å². The van der Waals surface area contributed by atoms with Crippen LogP contribution in [0.2, 0.25) is 0 Å². The Bertz CT molecular complexity index is 1290. The molecule has 3 aromatic rings. The van der Waals surface area contributed by atoms with Gasteiger partial charge in [0.05, 0.1) is 10.6 Å². The van der Waals surface area contributed by atoms with Crippen molar-refractivity contribution in [3.8, 4) is 17.0 Å². The van der Waals surface area contributed by atoms with Crippen LogP contribution >= 0.6 is 0 Å². The Morgan fingerprint density at radius 2 is 1.68 bits per heavy atom. The van der Waals surface area contributed by atoms with E-state index in [9.17, 15) is 23.3 Å². The number of rotatable bonds is 8. The van der Waals surface area contributed by atoms with E-state index in [0.29, 0.717) is 17.2 Å². The van der Waals surface area contributed by atoms with Gasteiger partial charge in [-0.2, -0.15) is 0 Å². The molecule has 1 aliphatic carbocycles. The van der Waals surface area contributed by atoms with Gasteiger partial charge in [0.15, 0.2) is 0 Å². The molecule has 1 saturated carbocycles. The van der Waals surface area contributed by atoms with Crippen LogP contribution in [-0.2, 0) is 0 Å². The van der Waals surface area contributed by atoms with Gasteiger partial charge in [0.2, 0.25) is 5.95 Å². The zero-order chi connectivity index (χ0) is 28.1. The predicted molar refractivity (Wildman–Crippen MR) is 145 cm³/mol. The summed E-state index contributed by atoms with van der Waals surface area (Å²) in [6.07, 6.45) is 3.18. The number of hydrogen-bond acceptors (Lipinski definition) is 8. The average Bonchev–Trinajstić information content (AvgIpc) is 2.94. The Balaban J connectivity index is 1.22. The maximum Gasteiger partial charge on any atom is 0.573 e. The first-order valence-corrected chi connectivity index (χ1v) is 13.4. The number of nitro benzene ring substituents is 1. The van der Waals surface area contributed by atoms with Gasteiger partial charge in [-0.25, -0.2) is 9.97 Å². The molecule has 1 unspecified atom stereocenters. The van der Waals surface area contributed by atoms with Crippen molar-refractivity contribution in [2.75, 3.05) is 23.3 Å². The standard InChI is InChI=1S/C28H31F3N6O3/c29-28(30,31)40-23-13-7-19(8-14-23)24-15-16-32-27(34-24)35-26-6-2-1-5-25(26)33-20-4-3-17-36(18-20)21-9-11-22(12-10-21)37(38)39/h7-16,20,25-26,33H,1-6,17-18H2,(H,32,34,35)/t20?,25-,26-/m1/s1. The summed E-state index contributed by atoms with van der Waals surface area (Å²) in [6.45, 7) is 1.73. The molecule has 1 saturated heterocycles. The second-order valence-corrected chi connectivity index (χ2v) is 10.2. The predicted octanol–water partition coefficient (Wildman–Crippen LogP) is 5.93. The van der Waals surface area contributed by atoms with Gasteiger partial charge in [-0.3, -0.25) is 10.1 Å². The molecule has 2 aliphatic rings. The van der Waals surface area contributed by atoms with Crippen molar-refractivity contribution in [2.45, 2.75) is 63.0 Å². The first kappa shape index (κ1) is 27.6. The minimum atomic E-state index is -4.74. The van der Waals surface area contributed by atoms with Gasteiger partial charge in [-0.05, 0) is 68.1 Å². The van der Waals surface area contributed by atoms with Crippen molar-refractivity contribution in [1.82, 2.24) is 15.3 Å². The first-order chi connectivity index (χ1) is 19.2. The van der Waals surface area contributed by atoms with E-state index in [-0.39, 0.29) is 34.5 Å². The summed E-state index contributed by atoms with van der Waals surface area (Å²) in [5.41, 5.74) is 2.33. The normalized spacial score (nSPS) is 21.6. The van der Waals surface area contributed by atoms with Gasteiger partial charge in [-0.1, -0.05) is 12.8 Å². The molecule has 212 valence electrons. The molecule has 2 fully saturated rings. The van der Waals surface area contributed by atoms with Crippen molar-refractivity contribution >= 4 is 17.3 Å². The third-order valence-corrected chi connectivity index (χ3v) is 7.42. The molecule has 9 nitrogen and oxygen atoms in total. The first-order valence-electron chi connectivity index (χ1n) is 13.4. The Hall–Kier alpha value is -3.93. The molecule has 1 aliphatic heterocycles. The summed E-state index contributed by atoms with van der Waals surface area (Å²) < 4.78 is 41.4. The lowest BCUT2D eigenvalue weighted by Gasteiger charge is -2.40. The highest BCUT2D eigenvalue weighted by Gasteiger charge is 2.31. The SMILES string of the molecule is O=[N+]([O-])c1ccc(N2CCCC(N[C@@H]3CCCC[C@H]3Nc3nccc(-c4ccc(OC(F)(F)F)cc4)n3)C2)cc1. The number of nitrogens with zero attached hydrogens (tertiary/aromatic N) is 4. The molecule has 2 aromatic carbocycles. The van der Waals surface area contributed by atoms with Crippen molar-refractivity contribution in [2.24, 2.45) is 0 Å². The van der Waals surface area contributed by atoms with E-state index in [1.54, 1.807) is 24.4 Å². The highest BCUT2D eigenvalue weighted by Crippen LogP contribution is 2.28. The maximum absolute atomic E-state index is 12.5. The van der Waals surface area contributed by atoms with Gasteiger partial charge in [0.1, 0.15) is 5.75 Å². The van der Waals surface area contributed by atoms with Gasteiger partial charge >= 0.3 is 6.36 Å². The van der Waals surface area contributed by atoms with E-state index in [1.807, 2.05) is 12.1 Å². The third-order valence-electron chi connectivity index (χ3n) is 7.42. The van der Waals surface area contributed by atoms with Gasteiger partial charge in [0.25, 0.3) is 5.69 Å². The average molecular weight is 557 g/mol. The summed E-state index contributed by atoms with van der Waals surface area (Å²) in [7, 11) is 0. The molecule has 2 heterocycles. The Morgan fingerprint density at radius 3 is 2.38 bits per heavy atom. The molecule has 3 atom stereocenters. The number of halogens is 3. The lowest BCUT2D eigenvalue weighted by Crippen LogP contribution is -2.55.